The zero-order chi connectivity index (χ0) is 20.4. The Morgan fingerprint density at radius 1 is 1.14 bits per heavy atom. The van der Waals surface area contributed by atoms with Crippen LogP contribution in [-0.2, 0) is 6.54 Å². The molecule has 0 unspecified atom stereocenters. The average molecular weight is 420 g/mol. The summed E-state index contributed by atoms with van der Waals surface area (Å²) in [5.41, 5.74) is 4.69. The summed E-state index contributed by atoms with van der Waals surface area (Å²) >= 11 is 3.25. The van der Waals surface area contributed by atoms with Crippen LogP contribution in [-0.4, -0.2) is 22.1 Å². The van der Waals surface area contributed by atoms with Gasteiger partial charge < -0.3 is 0 Å². The maximum Gasteiger partial charge on any atom is 0.260 e. The molecule has 0 aliphatic rings. The van der Waals surface area contributed by atoms with E-state index in [4.69, 9.17) is 4.98 Å². The van der Waals surface area contributed by atoms with Crippen molar-refractivity contribution < 1.29 is 4.79 Å². The Kier molecular flexibility index (Phi) is 5.65. The summed E-state index contributed by atoms with van der Waals surface area (Å²) in [7, 11) is 0. The van der Waals surface area contributed by atoms with Gasteiger partial charge in [-0.15, -0.1) is 11.8 Å². The number of aryl methyl sites for hydroxylation is 2. The summed E-state index contributed by atoms with van der Waals surface area (Å²) in [6.07, 6.45) is 5.59. The van der Waals surface area contributed by atoms with Crippen molar-refractivity contribution in [1.82, 2.24) is 9.97 Å². The summed E-state index contributed by atoms with van der Waals surface area (Å²) in [6.45, 7) is 4.44. The molecular formula is C23H21N3OS2. The van der Waals surface area contributed by atoms with Gasteiger partial charge in [0.1, 0.15) is 0 Å². The molecule has 0 saturated carbocycles. The van der Waals surface area contributed by atoms with E-state index in [2.05, 4.69) is 23.4 Å². The van der Waals surface area contributed by atoms with Crippen LogP contribution in [0, 0.1) is 13.8 Å². The summed E-state index contributed by atoms with van der Waals surface area (Å²) in [5, 5.41) is 0.701. The van der Waals surface area contributed by atoms with E-state index in [0.717, 1.165) is 26.9 Å². The quantitative estimate of drug-likeness (QED) is 0.379. The molecule has 0 saturated heterocycles. The van der Waals surface area contributed by atoms with Gasteiger partial charge in [0.2, 0.25) is 0 Å². The molecule has 0 aliphatic carbocycles. The van der Waals surface area contributed by atoms with Gasteiger partial charge in [0.15, 0.2) is 5.13 Å². The second-order valence-electron chi connectivity index (χ2n) is 6.90. The first-order valence-corrected chi connectivity index (χ1v) is 11.3. The van der Waals surface area contributed by atoms with E-state index < -0.39 is 0 Å². The Morgan fingerprint density at radius 3 is 2.72 bits per heavy atom. The van der Waals surface area contributed by atoms with Crippen LogP contribution in [0.4, 0.5) is 5.13 Å². The van der Waals surface area contributed by atoms with Gasteiger partial charge in [0.05, 0.1) is 16.8 Å². The van der Waals surface area contributed by atoms with Crippen molar-refractivity contribution in [3.05, 3.63) is 83.2 Å². The van der Waals surface area contributed by atoms with Gasteiger partial charge in [-0.3, -0.25) is 14.7 Å². The molecule has 4 aromatic rings. The van der Waals surface area contributed by atoms with Gasteiger partial charge in [-0.05, 0) is 61.6 Å². The zero-order valence-electron chi connectivity index (χ0n) is 16.5. The number of thiazole rings is 1. The molecular weight excluding hydrogens is 398 g/mol. The van der Waals surface area contributed by atoms with Crippen LogP contribution in [0.15, 0.2) is 65.8 Å². The predicted octanol–water partition coefficient (Wildman–Crippen LogP) is 5.88. The number of aromatic nitrogens is 2. The van der Waals surface area contributed by atoms with E-state index in [9.17, 15) is 4.79 Å². The summed E-state index contributed by atoms with van der Waals surface area (Å²) in [6, 6.07) is 16.0. The highest BCUT2D eigenvalue weighted by Crippen LogP contribution is 2.33. The third-order valence-electron chi connectivity index (χ3n) is 4.74. The van der Waals surface area contributed by atoms with Crippen LogP contribution in [0.25, 0.3) is 10.2 Å². The first-order chi connectivity index (χ1) is 14.0. The second-order valence-corrected chi connectivity index (χ2v) is 8.79. The second kappa shape index (κ2) is 8.35. The van der Waals surface area contributed by atoms with Crippen LogP contribution in [0.2, 0.25) is 0 Å². The van der Waals surface area contributed by atoms with Gasteiger partial charge in [-0.1, -0.05) is 35.1 Å². The number of amides is 1. The fraction of sp³-hybridized carbons (Fsp3) is 0.174. The molecule has 0 N–H and O–H groups in total. The highest BCUT2D eigenvalue weighted by atomic mass is 32.2. The van der Waals surface area contributed by atoms with Crippen molar-refractivity contribution in [2.75, 3.05) is 11.2 Å². The molecule has 4 nitrogen and oxygen atoms in total. The van der Waals surface area contributed by atoms with Crippen molar-refractivity contribution >= 4 is 44.4 Å². The minimum atomic E-state index is -0.0458. The molecule has 0 atom stereocenters. The molecule has 0 fully saturated rings. The topological polar surface area (TPSA) is 46.1 Å². The molecule has 4 rings (SSSR count). The van der Waals surface area contributed by atoms with Crippen LogP contribution in [0.3, 0.4) is 0 Å². The standard InChI is InChI=1S/C23H21N3OS2/c1-15-6-8-19(16(2)11-15)22(27)26(14-17-5-4-10-24-13-17)23-25-20-9-7-18(28-3)12-21(20)29-23/h4-13H,14H2,1-3H3. The molecule has 2 heterocycles. The molecule has 2 aromatic carbocycles. The van der Waals surface area contributed by atoms with E-state index in [1.807, 2.05) is 50.2 Å². The van der Waals surface area contributed by atoms with Gasteiger partial charge in [-0.2, -0.15) is 0 Å². The van der Waals surface area contributed by atoms with E-state index in [-0.39, 0.29) is 5.91 Å². The van der Waals surface area contributed by atoms with Crippen molar-refractivity contribution in [3.63, 3.8) is 0 Å². The number of carbonyl (C=O) groups excluding carboxylic acids is 1. The Bertz CT molecular complexity index is 1170. The van der Waals surface area contributed by atoms with Gasteiger partial charge in [0.25, 0.3) is 5.91 Å². The van der Waals surface area contributed by atoms with Crippen LogP contribution < -0.4 is 4.90 Å². The van der Waals surface area contributed by atoms with Gasteiger partial charge in [-0.25, -0.2) is 4.98 Å². The van der Waals surface area contributed by atoms with Crippen LogP contribution >= 0.6 is 23.1 Å². The lowest BCUT2D eigenvalue weighted by Gasteiger charge is -2.21. The largest absolute Gasteiger partial charge is 0.279 e. The van der Waals surface area contributed by atoms with E-state index >= 15 is 0 Å². The molecule has 0 radical (unpaired) electrons. The summed E-state index contributed by atoms with van der Waals surface area (Å²) in [5.74, 6) is -0.0458. The SMILES string of the molecule is CSc1ccc2nc(N(Cc3cccnc3)C(=O)c3ccc(C)cc3C)sc2c1. The Hall–Kier alpha value is -2.70. The lowest BCUT2D eigenvalue weighted by molar-refractivity contribution is 0.0984. The van der Waals surface area contributed by atoms with Gasteiger partial charge >= 0.3 is 0 Å². The molecule has 146 valence electrons. The molecule has 6 heteroatoms. The normalized spacial score (nSPS) is 11.0. The van der Waals surface area contributed by atoms with Crippen molar-refractivity contribution in [2.24, 2.45) is 0 Å². The Balaban J connectivity index is 1.78. The number of nitrogens with zero attached hydrogens (tertiary/aromatic N) is 3. The molecule has 0 spiro atoms. The number of hydrogen-bond donors (Lipinski definition) is 0. The molecule has 0 bridgehead atoms. The molecule has 0 aliphatic heterocycles. The zero-order valence-corrected chi connectivity index (χ0v) is 18.2. The number of benzene rings is 2. The van der Waals surface area contributed by atoms with E-state index in [1.165, 1.54) is 4.90 Å². The minimum Gasteiger partial charge on any atom is -0.279 e. The number of thioether (sulfide) groups is 1. The third kappa shape index (κ3) is 4.18. The van der Waals surface area contributed by atoms with E-state index in [0.29, 0.717) is 17.2 Å². The Morgan fingerprint density at radius 2 is 2.00 bits per heavy atom. The monoisotopic (exact) mass is 419 g/mol. The van der Waals surface area contributed by atoms with Crippen LogP contribution in [0.5, 0.6) is 0 Å². The first-order valence-electron chi connectivity index (χ1n) is 9.28. The average Bonchev–Trinajstić information content (AvgIpc) is 3.15. The fourth-order valence-corrected chi connectivity index (χ4v) is 4.75. The molecule has 29 heavy (non-hydrogen) atoms. The number of carbonyl (C=O) groups is 1. The maximum atomic E-state index is 13.5. The maximum absolute atomic E-state index is 13.5. The minimum absolute atomic E-state index is 0.0458. The smallest absolute Gasteiger partial charge is 0.260 e. The van der Waals surface area contributed by atoms with E-state index in [1.54, 1.807) is 40.4 Å². The highest BCUT2D eigenvalue weighted by molar-refractivity contribution is 7.98. The van der Waals surface area contributed by atoms with Crippen LogP contribution in [0.1, 0.15) is 27.0 Å². The van der Waals surface area contributed by atoms with Crippen molar-refractivity contribution in [2.45, 2.75) is 25.3 Å². The predicted molar refractivity (Wildman–Crippen MR) is 122 cm³/mol. The number of rotatable bonds is 5. The fourth-order valence-electron chi connectivity index (χ4n) is 3.23. The van der Waals surface area contributed by atoms with Crippen molar-refractivity contribution in [1.29, 1.82) is 0 Å². The summed E-state index contributed by atoms with van der Waals surface area (Å²) in [4.78, 5) is 25.5. The number of fused-ring (bicyclic) bond motifs is 1. The number of anilines is 1. The lowest BCUT2D eigenvalue weighted by atomic mass is 10.0. The summed E-state index contributed by atoms with van der Waals surface area (Å²) < 4.78 is 1.08. The van der Waals surface area contributed by atoms with Crippen molar-refractivity contribution in [3.8, 4) is 0 Å². The number of hydrogen-bond acceptors (Lipinski definition) is 5. The molecule has 1 amide bonds. The lowest BCUT2D eigenvalue weighted by Crippen LogP contribution is -2.31. The molecule has 2 aromatic heterocycles. The van der Waals surface area contributed by atoms with Gasteiger partial charge in [0, 0.05) is 22.9 Å². The number of pyridine rings is 1. The highest BCUT2D eigenvalue weighted by Gasteiger charge is 2.23. The first kappa shape index (κ1) is 19.6. The third-order valence-corrected chi connectivity index (χ3v) is 6.50. The Labute approximate surface area is 178 Å².